The Labute approximate surface area is 179 Å². The van der Waals surface area contributed by atoms with Gasteiger partial charge in [-0.3, -0.25) is 4.79 Å². The first-order valence-corrected chi connectivity index (χ1v) is 10.7. The van der Waals surface area contributed by atoms with Gasteiger partial charge < -0.3 is 14.5 Å². The van der Waals surface area contributed by atoms with E-state index in [1.807, 2.05) is 55.5 Å². The van der Waals surface area contributed by atoms with Crippen LogP contribution in [-0.2, 0) is 11.2 Å². The van der Waals surface area contributed by atoms with Crippen LogP contribution in [0.3, 0.4) is 0 Å². The Balaban J connectivity index is 1.59. The average Bonchev–Trinajstić information content (AvgIpc) is 3.19. The number of ether oxygens (including phenoxy) is 1. The number of hydrogen-bond donors (Lipinski definition) is 1. The van der Waals surface area contributed by atoms with Crippen molar-refractivity contribution in [2.24, 2.45) is 0 Å². The van der Waals surface area contributed by atoms with Gasteiger partial charge in [0, 0.05) is 18.0 Å². The van der Waals surface area contributed by atoms with Gasteiger partial charge in [0.1, 0.15) is 23.0 Å². The molecule has 1 N–H and O–H groups in total. The fourth-order valence-corrected chi connectivity index (χ4v) is 3.74. The topological polar surface area (TPSA) is 51.5 Å². The van der Waals surface area contributed by atoms with E-state index in [4.69, 9.17) is 9.15 Å². The normalized spacial score (nSPS) is 11.3. The lowest BCUT2D eigenvalue weighted by atomic mass is 9.86. The molecule has 0 aliphatic heterocycles. The van der Waals surface area contributed by atoms with Crippen LogP contribution >= 0.6 is 0 Å². The highest BCUT2D eigenvalue weighted by Crippen LogP contribution is 2.28. The van der Waals surface area contributed by atoms with Crippen molar-refractivity contribution >= 4 is 5.91 Å². The standard InChI is InChI=1S/C26H31NO3/c1-5-26(6-2,27-20(4)28)18-17-21-8-12-23(13-9-21)30-24-14-10-22(11-15-24)25-16-7-19(3)29-25/h7-16H,5-6,17-18H2,1-4H3,(H,27,28). The minimum Gasteiger partial charge on any atom is -0.461 e. The summed E-state index contributed by atoms with van der Waals surface area (Å²) >= 11 is 0. The number of carbonyl (C=O) groups is 1. The van der Waals surface area contributed by atoms with Gasteiger partial charge in [0.15, 0.2) is 0 Å². The lowest BCUT2D eigenvalue weighted by Gasteiger charge is -2.32. The maximum Gasteiger partial charge on any atom is 0.217 e. The highest BCUT2D eigenvalue weighted by molar-refractivity contribution is 5.73. The van der Waals surface area contributed by atoms with Gasteiger partial charge in [-0.15, -0.1) is 0 Å². The molecule has 1 heterocycles. The molecule has 0 radical (unpaired) electrons. The van der Waals surface area contributed by atoms with E-state index in [1.54, 1.807) is 6.92 Å². The van der Waals surface area contributed by atoms with Gasteiger partial charge in [0.2, 0.25) is 5.91 Å². The molecule has 0 saturated heterocycles. The van der Waals surface area contributed by atoms with Gasteiger partial charge in [-0.2, -0.15) is 0 Å². The summed E-state index contributed by atoms with van der Waals surface area (Å²) in [5.74, 6) is 3.39. The molecule has 2 aromatic carbocycles. The van der Waals surface area contributed by atoms with Crippen molar-refractivity contribution in [3.8, 4) is 22.8 Å². The number of hydrogen-bond acceptors (Lipinski definition) is 3. The first-order valence-electron chi connectivity index (χ1n) is 10.7. The van der Waals surface area contributed by atoms with Gasteiger partial charge in [0.25, 0.3) is 0 Å². The summed E-state index contributed by atoms with van der Waals surface area (Å²) < 4.78 is 11.6. The third-order valence-electron chi connectivity index (χ3n) is 5.73. The number of amides is 1. The van der Waals surface area contributed by atoms with Crippen molar-refractivity contribution in [2.75, 3.05) is 0 Å². The number of rotatable bonds is 9. The summed E-state index contributed by atoms with van der Waals surface area (Å²) in [6.45, 7) is 7.80. The Morgan fingerprint density at radius 3 is 2.03 bits per heavy atom. The zero-order chi connectivity index (χ0) is 21.6. The van der Waals surface area contributed by atoms with Crippen molar-refractivity contribution in [2.45, 2.75) is 58.9 Å². The summed E-state index contributed by atoms with van der Waals surface area (Å²) in [7, 11) is 0. The fourth-order valence-electron chi connectivity index (χ4n) is 3.74. The Bertz CT molecular complexity index is 951. The summed E-state index contributed by atoms with van der Waals surface area (Å²) in [5, 5.41) is 3.15. The van der Waals surface area contributed by atoms with Crippen molar-refractivity contribution in [3.05, 3.63) is 72.0 Å². The van der Waals surface area contributed by atoms with E-state index < -0.39 is 0 Å². The van der Waals surface area contributed by atoms with E-state index in [0.717, 1.165) is 54.3 Å². The van der Waals surface area contributed by atoms with Crippen LogP contribution in [0, 0.1) is 6.92 Å². The minimum absolute atomic E-state index is 0.0376. The Kier molecular flexibility index (Phi) is 6.99. The second-order valence-corrected chi connectivity index (χ2v) is 7.85. The molecule has 0 bridgehead atoms. The van der Waals surface area contributed by atoms with Gasteiger partial charge in [-0.05, 0) is 86.7 Å². The van der Waals surface area contributed by atoms with Crippen molar-refractivity contribution in [1.29, 1.82) is 0 Å². The second kappa shape index (κ2) is 9.66. The molecule has 158 valence electrons. The Hall–Kier alpha value is -3.01. The largest absolute Gasteiger partial charge is 0.461 e. The summed E-state index contributed by atoms with van der Waals surface area (Å²) in [6, 6.07) is 20.0. The molecular formula is C26H31NO3. The molecule has 3 rings (SSSR count). The molecule has 0 aliphatic rings. The first kappa shape index (κ1) is 21.7. The molecule has 1 amide bonds. The number of furan rings is 1. The predicted octanol–water partition coefficient (Wildman–Crippen LogP) is 6.67. The van der Waals surface area contributed by atoms with Crippen LogP contribution in [0.5, 0.6) is 11.5 Å². The van der Waals surface area contributed by atoms with E-state index in [1.165, 1.54) is 5.56 Å². The molecule has 0 atom stereocenters. The van der Waals surface area contributed by atoms with E-state index in [2.05, 4.69) is 31.3 Å². The molecule has 3 aromatic rings. The molecular weight excluding hydrogens is 374 g/mol. The van der Waals surface area contributed by atoms with Crippen LogP contribution in [0.1, 0.15) is 51.4 Å². The third-order valence-corrected chi connectivity index (χ3v) is 5.73. The lowest BCUT2D eigenvalue weighted by molar-refractivity contribution is -0.121. The molecule has 4 nitrogen and oxygen atoms in total. The van der Waals surface area contributed by atoms with E-state index in [0.29, 0.717) is 0 Å². The van der Waals surface area contributed by atoms with Crippen molar-refractivity contribution in [3.63, 3.8) is 0 Å². The number of carbonyl (C=O) groups excluding carboxylic acids is 1. The van der Waals surface area contributed by atoms with Crippen LogP contribution in [0.2, 0.25) is 0 Å². The minimum atomic E-state index is -0.130. The van der Waals surface area contributed by atoms with Gasteiger partial charge in [-0.25, -0.2) is 0 Å². The monoisotopic (exact) mass is 405 g/mol. The lowest BCUT2D eigenvalue weighted by Crippen LogP contribution is -2.47. The SMILES string of the molecule is CCC(CC)(CCc1ccc(Oc2ccc(-c3ccc(C)o3)cc2)cc1)NC(C)=O. The second-order valence-electron chi connectivity index (χ2n) is 7.85. The van der Waals surface area contributed by atoms with Gasteiger partial charge in [-0.1, -0.05) is 26.0 Å². The summed E-state index contributed by atoms with van der Waals surface area (Å²) in [6.07, 6.45) is 3.70. The quantitative estimate of drug-likeness (QED) is 0.432. The van der Waals surface area contributed by atoms with E-state index >= 15 is 0 Å². The molecule has 0 spiro atoms. The molecule has 0 fully saturated rings. The van der Waals surface area contributed by atoms with Crippen LogP contribution in [0.25, 0.3) is 11.3 Å². The molecule has 4 heteroatoms. The molecule has 0 aliphatic carbocycles. The number of benzene rings is 2. The predicted molar refractivity (Wildman–Crippen MR) is 121 cm³/mol. The van der Waals surface area contributed by atoms with Gasteiger partial charge in [0.05, 0.1) is 0 Å². The first-order chi connectivity index (χ1) is 14.4. The molecule has 0 unspecified atom stereocenters. The zero-order valence-corrected chi connectivity index (χ0v) is 18.3. The highest BCUT2D eigenvalue weighted by atomic mass is 16.5. The highest BCUT2D eigenvalue weighted by Gasteiger charge is 2.26. The van der Waals surface area contributed by atoms with Crippen LogP contribution in [-0.4, -0.2) is 11.4 Å². The van der Waals surface area contributed by atoms with Gasteiger partial charge >= 0.3 is 0 Å². The zero-order valence-electron chi connectivity index (χ0n) is 18.3. The van der Waals surface area contributed by atoms with Crippen molar-refractivity contribution in [1.82, 2.24) is 5.32 Å². The Morgan fingerprint density at radius 1 is 0.933 bits per heavy atom. The maximum atomic E-state index is 11.6. The number of aryl methyl sites for hydroxylation is 2. The average molecular weight is 406 g/mol. The van der Waals surface area contributed by atoms with Crippen LogP contribution in [0.4, 0.5) is 0 Å². The number of nitrogens with one attached hydrogen (secondary N) is 1. The smallest absolute Gasteiger partial charge is 0.217 e. The summed E-state index contributed by atoms with van der Waals surface area (Å²) in [4.78, 5) is 11.6. The Morgan fingerprint density at radius 2 is 1.53 bits per heavy atom. The molecule has 0 saturated carbocycles. The summed E-state index contributed by atoms with van der Waals surface area (Å²) in [5.41, 5.74) is 2.14. The van der Waals surface area contributed by atoms with Crippen molar-refractivity contribution < 1.29 is 13.9 Å². The van der Waals surface area contributed by atoms with E-state index in [-0.39, 0.29) is 11.4 Å². The van der Waals surface area contributed by atoms with Crippen LogP contribution < -0.4 is 10.1 Å². The fraction of sp³-hybridized carbons (Fsp3) is 0.346. The van der Waals surface area contributed by atoms with Crippen LogP contribution in [0.15, 0.2) is 65.1 Å². The third kappa shape index (κ3) is 5.53. The maximum absolute atomic E-state index is 11.6. The molecule has 30 heavy (non-hydrogen) atoms. The van der Waals surface area contributed by atoms with E-state index in [9.17, 15) is 4.79 Å². The molecule has 1 aromatic heterocycles.